The van der Waals surface area contributed by atoms with E-state index in [2.05, 4.69) is 25.3 Å². The van der Waals surface area contributed by atoms with E-state index in [1.165, 1.54) is 0 Å². The number of carbonyl (C=O) groups excluding carboxylic acids is 1. The summed E-state index contributed by atoms with van der Waals surface area (Å²) >= 11 is 0. The van der Waals surface area contributed by atoms with Gasteiger partial charge in [0.05, 0.1) is 12.2 Å². The lowest BCUT2D eigenvalue weighted by Gasteiger charge is -2.35. The quantitative estimate of drug-likeness (QED) is 0.912. The maximum absolute atomic E-state index is 12.4. The second kappa shape index (κ2) is 6.86. The van der Waals surface area contributed by atoms with Crippen LogP contribution in [0.15, 0.2) is 24.7 Å². The van der Waals surface area contributed by atoms with E-state index in [0.29, 0.717) is 13.1 Å². The van der Waals surface area contributed by atoms with Crippen LogP contribution in [-0.2, 0) is 7.05 Å². The van der Waals surface area contributed by atoms with Crippen LogP contribution in [0.1, 0.15) is 24.4 Å². The van der Waals surface area contributed by atoms with Crippen LogP contribution in [0.25, 0.3) is 0 Å². The van der Waals surface area contributed by atoms with Crippen molar-refractivity contribution in [1.29, 1.82) is 0 Å². The Balaban J connectivity index is 1.53. The third kappa shape index (κ3) is 3.64. The number of anilines is 1. The second-order valence-corrected chi connectivity index (χ2v) is 6.05. The monoisotopic (exact) mass is 329 g/mol. The van der Waals surface area contributed by atoms with Crippen molar-refractivity contribution >= 4 is 11.8 Å². The first-order valence-electron chi connectivity index (χ1n) is 8.11. The normalized spacial score (nSPS) is 16.1. The van der Waals surface area contributed by atoms with Crippen molar-refractivity contribution in [1.82, 2.24) is 30.0 Å². The average molecular weight is 329 g/mol. The van der Waals surface area contributed by atoms with E-state index >= 15 is 0 Å². The summed E-state index contributed by atoms with van der Waals surface area (Å²) in [6, 6.07) is 1.81. The number of carbonyl (C=O) groups is 1. The number of rotatable bonds is 3. The van der Waals surface area contributed by atoms with Crippen LogP contribution in [0.2, 0.25) is 0 Å². The Morgan fingerprint density at radius 2 is 2.04 bits per heavy atom. The number of aromatic nitrogens is 4. The van der Waals surface area contributed by atoms with Gasteiger partial charge in [-0.15, -0.1) is 0 Å². The Kier molecular flexibility index (Phi) is 4.64. The van der Waals surface area contributed by atoms with Crippen molar-refractivity contribution in [2.45, 2.75) is 19.9 Å². The Bertz CT molecular complexity index is 706. The van der Waals surface area contributed by atoms with E-state index in [1.54, 1.807) is 17.1 Å². The highest BCUT2D eigenvalue weighted by Crippen LogP contribution is 2.15. The number of hydrogen-bond acceptors (Lipinski definition) is 5. The lowest BCUT2D eigenvalue weighted by molar-refractivity contribution is 0.191. The van der Waals surface area contributed by atoms with E-state index < -0.39 is 0 Å². The largest absolute Gasteiger partial charge is 0.353 e. The molecule has 1 N–H and O–H groups in total. The number of piperazine rings is 1. The summed E-state index contributed by atoms with van der Waals surface area (Å²) in [5, 5.41) is 7.17. The summed E-state index contributed by atoms with van der Waals surface area (Å²) in [6.07, 6.45) is 5.47. The number of amides is 2. The van der Waals surface area contributed by atoms with Gasteiger partial charge in [0.25, 0.3) is 0 Å². The summed E-state index contributed by atoms with van der Waals surface area (Å²) in [7, 11) is 1.87. The van der Waals surface area contributed by atoms with Gasteiger partial charge in [0.2, 0.25) is 0 Å². The molecule has 0 saturated carbocycles. The zero-order valence-electron chi connectivity index (χ0n) is 14.3. The maximum atomic E-state index is 12.4. The Morgan fingerprint density at radius 3 is 2.67 bits per heavy atom. The van der Waals surface area contributed by atoms with E-state index in [0.717, 1.165) is 30.3 Å². The summed E-state index contributed by atoms with van der Waals surface area (Å²) < 4.78 is 1.74. The van der Waals surface area contributed by atoms with Crippen LogP contribution in [0.3, 0.4) is 0 Å². The summed E-state index contributed by atoms with van der Waals surface area (Å²) in [5.41, 5.74) is 1.00. The van der Waals surface area contributed by atoms with Gasteiger partial charge in [0.15, 0.2) is 0 Å². The maximum Gasteiger partial charge on any atom is 0.317 e. The van der Waals surface area contributed by atoms with Crippen LogP contribution < -0.4 is 10.2 Å². The minimum atomic E-state index is -0.0613. The number of hydrogen-bond donors (Lipinski definition) is 1. The molecule has 1 saturated heterocycles. The van der Waals surface area contributed by atoms with Crippen molar-refractivity contribution < 1.29 is 4.79 Å². The molecule has 1 aliphatic heterocycles. The van der Waals surface area contributed by atoms with Gasteiger partial charge in [-0.2, -0.15) is 5.10 Å². The highest BCUT2D eigenvalue weighted by Gasteiger charge is 2.23. The Labute approximate surface area is 141 Å². The van der Waals surface area contributed by atoms with Crippen LogP contribution in [0, 0.1) is 6.92 Å². The molecule has 8 heteroatoms. The molecular weight excluding hydrogens is 306 g/mol. The first kappa shape index (κ1) is 16.2. The Morgan fingerprint density at radius 1 is 1.29 bits per heavy atom. The molecule has 2 aromatic rings. The smallest absolute Gasteiger partial charge is 0.317 e. The van der Waals surface area contributed by atoms with Gasteiger partial charge in [0.1, 0.15) is 11.6 Å². The standard InChI is InChI=1S/C16H23N7O/c1-12(14-10-18-21(3)11-14)19-16(24)23-8-6-22(7-9-23)15-4-5-17-13(2)20-15/h4-5,10-12H,6-9H2,1-3H3,(H,19,24)/t12-/m1/s1. The molecule has 1 atom stereocenters. The number of nitrogens with one attached hydrogen (secondary N) is 1. The van der Waals surface area contributed by atoms with Crippen LogP contribution in [0.4, 0.5) is 10.6 Å². The van der Waals surface area contributed by atoms with Crippen molar-refractivity contribution in [3.8, 4) is 0 Å². The molecule has 0 unspecified atom stereocenters. The first-order chi connectivity index (χ1) is 11.5. The SMILES string of the molecule is Cc1nccc(N2CCN(C(=O)N[C@H](C)c3cnn(C)c3)CC2)n1. The van der Waals surface area contributed by atoms with Crippen LogP contribution >= 0.6 is 0 Å². The van der Waals surface area contributed by atoms with E-state index in [4.69, 9.17) is 0 Å². The molecule has 0 radical (unpaired) electrons. The molecule has 2 amide bonds. The predicted octanol–water partition coefficient (Wildman–Crippen LogP) is 1.11. The van der Waals surface area contributed by atoms with Crippen molar-refractivity contribution in [2.24, 2.45) is 7.05 Å². The fraction of sp³-hybridized carbons (Fsp3) is 0.500. The Hall–Kier alpha value is -2.64. The summed E-state index contributed by atoms with van der Waals surface area (Å²) in [4.78, 5) is 25.0. The van der Waals surface area contributed by atoms with Gasteiger partial charge in [-0.05, 0) is 19.9 Å². The zero-order valence-corrected chi connectivity index (χ0v) is 14.3. The average Bonchev–Trinajstić information content (AvgIpc) is 3.01. The lowest BCUT2D eigenvalue weighted by atomic mass is 10.2. The van der Waals surface area contributed by atoms with Crippen molar-refractivity contribution in [2.75, 3.05) is 31.1 Å². The van der Waals surface area contributed by atoms with Gasteiger partial charge in [-0.25, -0.2) is 14.8 Å². The highest BCUT2D eigenvalue weighted by molar-refractivity contribution is 5.75. The van der Waals surface area contributed by atoms with E-state index in [-0.39, 0.29) is 12.1 Å². The molecule has 0 aliphatic carbocycles. The second-order valence-electron chi connectivity index (χ2n) is 6.05. The van der Waals surface area contributed by atoms with Crippen LogP contribution in [0.5, 0.6) is 0 Å². The third-order valence-electron chi connectivity index (χ3n) is 4.22. The van der Waals surface area contributed by atoms with Crippen molar-refractivity contribution in [3.63, 3.8) is 0 Å². The molecule has 0 bridgehead atoms. The topological polar surface area (TPSA) is 79.2 Å². The highest BCUT2D eigenvalue weighted by atomic mass is 16.2. The van der Waals surface area contributed by atoms with E-state index in [1.807, 2.05) is 38.1 Å². The van der Waals surface area contributed by atoms with Gasteiger partial charge in [0, 0.05) is 51.2 Å². The fourth-order valence-corrected chi connectivity index (χ4v) is 2.78. The molecule has 0 spiro atoms. The fourth-order valence-electron chi connectivity index (χ4n) is 2.78. The number of urea groups is 1. The minimum absolute atomic E-state index is 0.0372. The number of nitrogens with zero attached hydrogens (tertiary/aromatic N) is 6. The van der Waals surface area contributed by atoms with Gasteiger partial charge >= 0.3 is 6.03 Å². The molecule has 0 aromatic carbocycles. The number of aryl methyl sites for hydroxylation is 2. The first-order valence-corrected chi connectivity index (χ1v) is 8.11. The van der Waals surface area contributed by atoms with Gasteiger partial charge < -0.3 is 15.1 Å². The van der Waals surface area contributed by atoms with Gasteiger partial charge in [-0.1, -0.05) is 0 Å². The van der Waals surface area contributed by atoms with E-state index in [9.17, 15) is 4.79 Å². The molecule has 1 fully saturated rings. The molecular formula is C16H23N7O. The molecule has 24 heavy (non-hydrogen) atoms. The lowest BCUT2D eigenvalue weighted by Crippen LogP contribution is -2.52. The van der Waals surface area contributed by atoms with Crippen molar-refractivity contribution in [3.05, 3.63) is 36.0 Å². The van der Waals surface area contributed by atoms with Crippen LogP contribution in [-0.4, -0.2) is 56.9 Å². The molecule has 128 valence electrons. The van der Waals surface area contributed by atoms with Gasteiger partial charge in [-0.3, -0.25) is 4.68 Å². The minimum Gasteiger partial charge on any atom is -0.353 e. The molecule has 2 aromatic heterocycles. The summed E-state index contributed by atoms with van der Waals surface area (Å²) in [6.45, 7) is 6.74. The molecule has 3 heterocycles. The third-order valence-corrected chi connectivity index (χ3v) is 4.22. The molecule has 3 rings (SSSR count). The summed E-state index contributed by atoms with van der Waals surface area (Å²) in [5.74, 6) is 1.68. The predicted molar refractivity (Wildman–Crippen MR) is 90.7 cm³/mol. The molecule has 1 aliphatic rings. The zero-order chi connectivity index (χ0) is 17.1. The molecule has 8 nitrogen and oxygen atoms in total.